The molecule has 0 aromatic heterocycles. The highest BCUT2D eigenvalue weighted by Crippen LogP contribution is 2.89. The van der Waals surface area contributed by atoms with E-state index in [2.05, 4.69) is 47.6 Å². The van der Waals surface area contributed by atoms with E-state index in [0.29, 0.717) is 23.7 Å². The Kier molecular flexibility index (Phi) is 5.78. The van der Waals surface area contributed by atoms with Crippen LogP contribution in [0.4, 0.5) is 0 Å². The van der Waals surface area contributed by atoms with Crippen molar-refractivity contribution in [3.63, 3.8) is 0 Å². The SMILES string of the molecule is CC(C)=CC[C@H](O)[C@@H](C)[C@H]1[C@@H](O)C[C@@]2(C)[C@@H]3CC[C@H]4[C@](C)(CO)[C@@H](O)CC[C@@]45C[C@@]35CC[C@]12C. The first-order valence-corrected chi connectivity index (χ1v) is 14.1. The molecule has 5 aliphatic rings. The van der Waals surface area contributed by atoms with Gasteiger partial charge >= 0.3 is 0 Å². The van der Waals surface area contributed by atoms with E-state index in [0.717, 1.165) is 38.5 Å². The lowest BCUT2D eigenvalue weighted by atomic mass is 9.41. The molecule has 0 aliphatic heterocycles. The van der Waals surface area contributed by atoms with Gasteiger partial charge in [-0.3, -0.25) is 0 Å². The molecule has 0 unspecified atom stereocenters. The first-order valence-electron chi connectivity index (χ1n) is 14.1. The average molecular weight is 475 g/mol. The maximum absolute atomic E-state index is 11.5. The summed E-state index contributed by atoms with van der Waals surface area (Å²) in [6.45, 7) is 13.5. The summed E-state index contributed by atoms with van der Waals surface area (Å²) >= 11 is 0. The van der Waals surface area contributed by atoms with Crippen LogP contribution in [0.2, 0.25) is 0 Å². The fourth-order valence-corrected chi connectivity index (χ4v) is 11.2. The minimum atomic E-state index is -0.419. The van der Waals surface area contributed by atoms with Crippen molar-refractivity contribution >= 4 is 0 Å². The molecule has 5 rings (SSSR count). The Hall–Kier alpha value is -0.420. The van der Waals surface area contributed by atoms with Crippen molar-refractivity contribution in [3.8, 4) is 0 Å². The van der Waals surface area contributed by atoms with E-state index in [4.69, 9.17) is 0 Å². The van der Waals surface area contributed by atoms with Crippen molar-refractivity contribution in [1.29, 1.82) is 0 Å². The molecule has 5 aliphatic carbocycles. The number of hydrogen-bond donors (Lipinski definition) is 4. The summed E-state index contributed by atoms with van der Waals surface area (Å²) in [4.78, 5) is 0. The van der Waals surface area contributed by atoms with Gasteiger partial charge in [0.15, 0.2) is 0 Å². The number of aliphatic hydroxyl groups is 4. The van der Waals surface area contributed by atoms with Crippen molar-refractivity contribution < 1.29 is 20.4 Å². The molecule has 2 spiro atoms. The second kappa shape index (κ2) is 7.79. The molecule has 34 heavy (non-hydrogen) atoms. The zero-order valence-electron chi connectivity index (χ0n) is 22.5. The number of hydrogen-bond acceptors (Lipinski definition) is 4. The second-order valence-corrected chi connectivity index (χ2v) is 14.5. The molecular weight excluding hydrogens is 424 g/mol. The maximum atomic E-state index is 11.5. The summed E-state index contributed by atoms with van der Waals surface area (Å²) in [7, 11) is 0. The Morgan fingerprint density at radius 2 is 1.59 bits per heavy atom. The number of aliphatic hydroxyl groups excluding tert-OH is 4. The van der Waals surface area contributed by atoms with Crippen molar-refractivity contribution in [2.24, 2.45) is 50.7 Å². The van der Waals surface area contributed by atoms with Crippen LogP contribution in [-0.2, 0) is 0 Å². The van der Waals surface area contributed by atoms with E-state index in [9.17, 15) is 20.4 Å². The Balaban J connectivity index is 1.46. The van der Waals surface area contributed by atoms with Gasteiger partial charge in [0, 0.05) is 5.41 Å². The topological polar surface area (TPSA) is 80.9 Å². The molecule has 12 atom stereocenters. The Labute approximate surface area is 207 Å². The lowest BCUT2D eigenvalue weighted by Crippen LogP contribution is -2.59. The Morgan fingerprint density at radius 3 is 2.24 bits per heavy atom. The summed E-state index contributed by atoms with van der Waals surface area (Å²) in [6, 6.07) is 0. The van der Waals surface area contributed by atoms with Gasteiger partial charge in [-0.1, -0.05) is 39.3 Å². The Morgan fingerprint density at radius 1 is 0.941 bits per heavy atom. The molecule has 0 saturated heterocycles. The van der Waals surface area contributed by atoms with Crippen LogP contribution in [0.1, 0.15) is 99.3 Å². The third kappa shape index (κ3) is 2.92. The van der Waals surface area contributed by atoms with E-state index in [1.54, 1.807) is 0 Å². The van der Waals surface area contributed by atoms with Crippen LogP contribution in [0.25, 0.3) is 0 Å². The second-order valence-electron chi connectivity index (χ2n) is 14.5. The highest BCUT2D eigenvalue weighted by atomic mass is 16.3. The van der Waals surface area contributed by atoms with Crippen LogP contribution >= 0.6 is 0 Å². The molecule has 194 valence electrons. The summed E-state index contributed by atoms with van der Waals surface area (Å²) in [5, 5.41) is 43.9. The van der Waals surface area contributed by atoms with Gasteiger partial charge in [-0.25, -0.2) is 0 Å². The molecule has 5 fully saturated rings. The molecule has 0 radical (unpaired) electrons. The van der Waals surface area contributed by atoms with Crippen LogP contribution in [0.15, 0.2) is 11.6 Å². The third-order valence-electron chi connectivity index (χ3n) is 13.2. The van der Waals surface area contributed by atoms with E-state index >= 15 is 0 Å². The van der Waals surface area contributed by atoms with Crippen LogP contribution in [0.3, 0.4) is 0 Å². The largest absolute Gasteiger partial charge is 0.396 e. The van der Waals surface area contributed by atoms with Crippen LogP contribution in [-0.4, -0.2) is 45.3 Å². The highest BCUT2D eigenvalue weighted by molar-refractivity contribution is 5.31. The summed E-state index contributed by atoms with van der Waals surface area (Å²) < 4.78 is 0. The normalized spacial score (nSPS) is 55.3. The fraction of sp³-hybridized carbons (Fsp3) is 0.933. The van der Waals surface area contributed by atoms with Gasteiger partial charge in [-0.2, -0.15) is 0 Å². The maximum Gasteiger partial charge on any atom is 0.0618 e. The van der Waals surface area contributed by atoms with Gasteiger partial charge in [-0.15, -0.1) is 0 Å². The van der Waals surface area contributed by atoms with Crippen molar-refractivity contribution in [3.05, 3.63) is 11.6 Å². The molecule has 0 aromatic rings. The van der Waals surface area contributed by atoms with E-state index in [1.807, 2.05) is 0 Å². The predicted octanol–water partition coefficient (Wildman–Crippen LogP) is 5.08. The molecule has 4 nitrogen and oxygen atoms in total. The van der Waals surface area contributed by atoms with Crippen molar-refractivity contribution in [1.82, 2.24) is 0 Å². The first kappa shape index (κ1) is 25.2. The van der Waals surface area contributed by atoms with E-state index < -0.39 is 12.2 Å². The molecule has 0 aromatic carbocycles. The zero-order chi connectivity index (χ0) is 24.9. The standard InChI is InChI=1S/C30H50O4/c1-18(2)7-8-20(32)19(3)25-21(33)15-28(6)23-10-9-22-26(4,17-31)24(34)11-12-29(22)16-30(23,29)14-13-27(25,28)5/h7,19-25,31-34H,8-17H2,1-6H3/t19-,20+,21+,22+,23+,24+,25+,26+,27-,28+,29-,30+/m1/s1. The summed E-state index contributed by atoms with van der Waals surface area (Å²) in [6.07, 6.45) is 10.2. The monoisotopic (exact) mass is 474 g/mol. The van der Waals surface area contributed by atoms with Gasteiger partial charge in [-0.05, 0) is 117 Å². The van der Waals surface area contributed by atoms with Crippen LogP contribution < -0.4 is 0 Å². The lowest BCUT2D eigenvalue weighted by Gasteiger charge is -2.63. The molecule has 5 saturated carbocycles. The smallest absolute Gasteiger partial charge is 0.0618 e. The fourth-order valence-electron chi connectivity index (χ4n) is 11.2. The number of fused-ring (bicyclic) bond motifs is 2. The molecule has 4 N–H and O–H groups in total. The van der Waals surface area contributed by atoms with Crippen LogP contribution in [0.5, 0.6) is 0 Å². The summed E-state index contributed by atoms with van der Waals surface area (Å²) in [5.74, 6) is 1.19. The predicted molar refractivity (Wildman–Crippen MR) is 135 cm³/mol. The van der Waals surface area contributed by atoms with E-state index in [-0.39, 0.29) is 46.2 Å². The molecule has 0 heterocycles. The molecular formula is C30H50O4. The van der Waals surface area contributed by atoms with Crippen molar-refractivity contribution in [2.45, 2.75) is 118 Å². The van der Waals surface area contributed by atoms with Gasteiger partial charge in [0.05, 0.1) is 24.9 Å². The Bertz CT molecular complexity index is 851. The third-order valence-corrected chi connectivity index (χ3v) is 13.2. The van der Waals surface area contributed by atoms with Gasteiger partial charge < -0.3 is 20.4 Å². The van der Waals surface area contributed by atoms with Gasteiger partial charge in [0.1, 0.15) is 0 Å². The number of rotatable bonds is 5. The average Bonchev–Trinajstić information content (AvgIpc) is 3.40. The number of allylic oxidation sites excluding steroid dienone is 1. The summed E-state index contributed by atoms with van der Waals surface area (Å²) in [5.41, 5.74) is 1.54. The van der Waals surface area contributed by atoms with Crippen LogP contribution in [0, 0.1) is 50.7 Å². The van der Waals surface area contributed by atoms with Gasteiger partial charge in [0.2, 0.25) is 0 Å². The minimum absolute atomic E-state index is 0.0266. The van der Waals surface area contributed by atoms with Gasteiger partial charge in [0.25, 0.3) is 0 Å². The first-order chi connectivity index (χ1) is 15.8. The zero-order valence-corrected chi connectivity index (χ0v) is 22.5. The van der Waals surface area contributed by atoms with Crippen molar-refractivity contribution in [2.75, 3.05) is 6.61 Å². The lowest BCUT2D eigenvalue weighted by molar-refractivity contribution is -0.176. The molecule has 4 heteroatoms. The molecule has 0 bridgehead atoms. The minimum Gasteiger partial charge on any atom is -0.396 e. The highest BCUT2D eigenvalue weighted by Gasteiger charge is 2.83. The van der Waals surface area contributed by atoms with E-state index in [1.165, 1.54) is 18.4 Å². The molecule has 0 amide bonds. The quantitative estimate of drug-likeness (QED) is 0.419.